The van der Waals surface area contributed by atoms with Crippen molar-refractivity contribution in [2.45, 2.75) is 36.2 Å². The second-order valence-corrected chi connectivity index (χ2v) is 9.15. The highest BCUT2D eigenvalue weighted by Gasteiger charge is 2.22. The molecule has 1 aromatic heterocycles. The Balaban J connectivity index is 1.98. The smallest absolute Gasteiger partial charge is 0.328 e. The van der Waals surface area contributed by atoms with Crippen molar-refractivity contribution in [1.82, 2.24) is 9.97 Å². The molecule has 0 saturated carbocycles. The highest BCUT2D eigenvalue weighted by atomic mass is 32.2. The first-order chi connectivity index (χ1) is 16.3. The first-order valence-electron chi connectivity index (χ1n) is 10.8. The fourth-order valence-corrected chi connectivity index (χ4v) is 4.08. The molecule has 0 radical (unpaired) electrons. The molecule has 0 spiro atoms. The van der Waals surface area contributed by atoms with Crippen LogP contribution in [0.2, 0.25) is 0 Å². The van der Waals surface area contributed by atoms with Crippen molar-refractivity contribution in [3.8, 4) is 5.75 Å². The van der Waals surface area contributed by atoms with Crippen molar-refractivity contribution < 1.29 is 18.7 Å². The summed E-state index contributed by atoms with van der Waals surface area (Å²) in [5.74, 6) is 1.12. The SMILES string of the molecule is COC(=O)[C@H](CC(C)C)Nc1nc(Sc2ccc(OC)cc2)cc(N(C)c2cccc(F)c2)n1. The molecule has 2 aromatic carbocycles. The molecular weight excluding hydrogens is 455 g/mol. The van der Waals surface area contributed by atoms with Gasteiger partial charge in [-0.3, -0.25) is 0 Å². The number of benzene rings is 2. The van der Waals surface area contributed by atoms with Crippen LogP contribution >= 0.6 is 11.8 Å². The number of esters is 1. The number of carbonyl (C=O) groups excluding carboxylic acids is 1. The van der Waals surface area contributed by atoms with E-state index in [-0.39, 0.29) is 23.7 Å². The Labute approximate surface area is 203 Å². The van der Waals surface area contributed by atoms with Crippen molar-refractivity contribution in [1.29, 1.82) is 0 Å². The molecule has 34 heavy (non-hydrogen) atoms. The van der Waals surface area contributed by atoms with Gasteiger partial charge >= 0.3 is 5.97 Å². The van der Waals surface area contributed by atoms with Crippen LogP contribution in [0.1, 0.15) is 20.3 Å². The molecule has 0 unspecified atom stereocenters. The quantitative estimate of drug-likeness (QED) is 0.297. The third-order valence-corrected chi connectivity index (χ3v) is 5.93. The molecule has 0 aliphatic carbocycles. The predicted octanol–water partition coefficient (Wildman–Crippen LogP) is 5.54. The van der Waals surface area contributed by atoms with Gasteiger partial charge in [-0.2, -0.15) is 4.98 Å². The fraction of sp³-hybridized carbons (Fsp3) is 0.320. The number of aromatic nitrogens is 2. The van der Waals surface area contributed by atoms with E-state index in [1.54, 1.807) is 31.2 Å². The molecule has 180 valence electrons. The zero-order valence-electron chi connectivity index (χ0n) is 19.9. The third-order valence-electron chi connectivity index (χ3n) is 5.01. The Bertz CT molecular complexity index is 1110. The lowest BCUT2D eigenvalue weighted by atomic mass is 10.0. The summed E-state index contributed by atoms with van der Waals surface area (Å²) < 4.78 is 24.0. The van der Waals surface area contributed by atoms with E-state index in [9.17, 15) is 9.18 Å². The molecule has 1 atom stereocenters. The number of rotatable bonds is 10. The van der Waals surface area contributed by atoms with Crippen LogP contribution in [-0.4, -0.2) is 43.2 Å². The van der Waals surface area contributed by atoms with E-state index in [0.29, 0.717) is 23.0 Å². The number of nitrogens with one attached hydrogen (secondary N) is 1. The Morgan fingerprint density at radius 2 is 1.85 bits per heavy atom. The molecule has 1 heterocycles. The standard InChI is InChI=1S/C25H29FN4O3S/c1-16(2)13-21(24(31)33-5)27-25-28-22(30(3)18-8-6-7-17(26)14-18)15-23(29-25)34-20-11-9-19(32-4)10-12-20/h6-12,14-16,21H,13H2,1-5H3,(H,27,28,29)/t21-/m0/s1. The maximum absolute atomic E-state index is 13.8. The van der Waals surface area contributed by atoms with Crippen molar-refractivity contribution in [3.05, 3.63) is 60.4 Å². The molecule has 0 fully saturated rings. The van der Waals surface area contributed by atoms with Gasteiger partial charge in [0.2, 0.25) is 5.95 Å². The van der Waals surface area contributed by atoms with Crippen LogP contribution in [0.4, 0.5) is 21.8 Å². The molecule has 0 saturated heterocycles. The minimum atomic E-state index is -0.599. The number of hydrogen-bond acceptors (Lipinski definition) is 8. The maximum Gasteiger partial charge on any atom is 0.328 e. The number of anilines is 3. The Hall–Kier alpha value is -3.33. The van der Waals surface area contributed by atoms with Crippen LogP contribution in [0.25, 0.3) is 0 Å². The summed E-state index contributed by atoms with van der Waals surface area (Å²) in [5.41, 5.74) is 0.636. The number of ether oxygens (including phenoxy) is 2. The van der Waals surface area contributed by atoms with Crippen LogP contribution in [0.3, 0.4) is 0 Å². The minimum absolute atomic E-state index is 0.253. The van der Waals surface area contributed by atoms with E-state index in [2.05, 4.69) is 15.3 Å². The zero-order valence-corrected chi connectivity index (χ0v) is 20.7. The number of hydrogen-bond donors (Lipinski definition) is 1. The van der Waals surface area contributed by atoms with Crippen LogP contribution < -0.4 is 15.0 Å². The molecule has 9 heteroatoms. The Morgan fingerprint density at radius 1 is 1.12 bits per heavy atom. The van der Waals surface area contributed by atoms with E-state index < -0.39 is 6.04 Å². The summed E-state index contributed by atoms with van der Waals surface area (Å²) in [6, 6.07) is 15.1. The molecule has 0 amide bonds. The van der Waals surface area contributed by atoms with Gasteiger partial charge in [0.15, 0.2) is 0 Å². The zero-order chi connectivity index (χ0) is 24.7. The lowest BCUT2D eigenvalue weighted by Crippen LogP contribution is -2.33. The molecular formula is C25H29FN4O3S. The number of carbonyl (C=O) groups is 1. The van der Waals surface area contributed by atoms with Crippen LogP contribution in [0, 0.1) is 11.7 Å². The molecule has 1 N–H and O–H groups in total. The first-order valence-corrected chi connectivity index (χ1v) is 11.7. The molecule has 7 nitrogen and oxygen atoms in total. The number of halogens is 1. The maximum atomic E-state index is 13.8. The average molecular weight is 485 g/mol. The van der Waals surface area contributed by atoms with Crippen LogP contribution in [-0.2, 0) is 9.53 Å². The average Bonchev–Trinajstić information content (AvgIpc) is 2.82. The fourth-order valence-electron chi connectivity index (χ4n) is 3.27. The summed E-state index contributed by atoms with van der Waals surface area (Å²) in [6.45, 7) is 4.05. The van der Waals surface area contributed by atoms with Gasteiger partial charge in [0.05, 0.1) is 14.2 Å². The Kier molecular flexibility index (Phi) is 8.70. The van der Waals surface area contributed by atoms with E-state index >= 15 is 0 Å². The molecule has 0 bridgehead atoms. The van der Waals surface area contributed by atoms with Gasteiger partial charge in [-0.1, -0.05) is 31.7 Å². The van der Waals surface area contributed by atoms with Gasteiger partial charge in [0.25, 0.3) is 0 Å². The van der Waals surface area contributed by atoms with Crippen molar-refractivity contribution in [2.75, 3.05) is 31.5 Å². The summed E-state index contributed by atoms with van der Waals surface area (Å²) >= 11 is 1.44. The highest BCUT2D eigenvalue weighted by molar-refractivity contribution is 7.99. The van der Waals surface area contributed by atoms with Gasteiger partial charge in [0, 0.05) is 23.7 Å². The van der Waals surface area contributed by atoms with E-state index in [0.717, 1.165) is 10.6 Å². The summed E-state index contributed by atoms with van der Waals surface area (Å²) in [5, 5.41) is 3.79. The van der Waals surface area contributed by atoms with Gasteiger partial charge in [0.1, 0.15) is 28.5 Å². The normalized spacial score (nSPS) is 11.7. The van der Waals surface area contributed by atoms with Gasteiger partial charge < -0.3 is 19.7 Å². The monoisotopic (exact) mass is 484 g/mol. The molecule has 0 aliphatic heterocycles. The van der Waals surface area contributed by atoms with Crippen molar-refractivity contribution >= 4 is 35.2 Å². The van der Waals surface area contributed by atoms with Crippen molar-refractivity contribution in [2.24, 2.45) is 5.92 Å². The molecule has 3 aromatic rings. The topological polar surface area (TPSA) is 76.6 Å². The van der Waals surface area contributed by atoms with E-state index in [1.165, 1.54) is 31.0 Å². The Morgan fingerprint density at radius 3 is 2.47 bits per heavy atom. The third kappa shape index (κ3) is 6.84. The number of methoxy groups -OCH3 is 2. The predicted molar refractivity (Wildman–Crippen MR) is 132 cm³/mol. The molecule has 0 aliphatic rings. The van der Waals surface area contributed by atoms with Crippen molar-refractivity contribution in [3.63, 3.8) is 0 Å². The second kappa shape index (κ2) is 11.7. The largest absolute Gasteiger partial charge is 0.497 e. The van der Waals surface area contributed by atoms with Crippen LogP contribution in [0.5, 0.6) is 5.75 Å². The number of nitrogens with zero attached hydrogens (tertiary/aromatic N) is 3. The van der Waals surface area contributed by atoms with Gasteiger partial charge in [-0.15, -0.1) is 0 Å². The summed E-state index contributed by atoms with van der Waals surface area (Å²) in [6.07, 6.45) is 0.557. The van der Waals surface area contributed by atoms with E-state index in [4.69, 9.17) is 9.47 Å². The molecule has 3 rings (SSSR count). The van der Waals surface area contributed by atoms with E-state index in [1.807, 2.05) is 44.2 Å². The van der Waals surface area contributed by atoms with Gasteiger partial charge in [-0.05, 0) is 54.8 Å². The highest BCUT2D eigenvalue weighted by Crippen LogP contribution is 2.32. The summed E-state index contributed by atoms with van der Waals surface area (Å²) in [7, 11) is 4.78. The second-order valence-electron chi connectivity index (χ2n) is 8.05. The minimum Gasteiger partial charge on any atom is -0.497 e. The van der Waals surface area contributed by atoms with Gasteiger partial charge in [-0.25, -0.2) is 14.2 Å². The van der Waals surface area contributed by atoms with Crippen LogP contribution in [0.15, 0.2) is 64.5 Å². The lowest BCUT2D eigenvalue weighted by Gasteiger charge is -2.22. The first kappa shape index (κ1) is 25.3. The lowest BCUT2D eigenvalue weighted by molar-refractivity contribution is -0.141. The summed E-state index contributed by atoms with van der Waals surface area (Å²) in [4.78, 5) is 24.3.